The summed E-state index contributed by atoms with van der Waals surface area (Å²) < 4.78 is 31.7. The maximum atomic E-state index is 15.8. The second-order valence-corrected chi connectivity index (χ2v) is 12.6. The summed E-state index contributed by atoms with van der Waals surface area (Å²) in [5.41, 5.74) is 1.94. The lowest BCUT2D eigenvalue weighted by molar-refractivity contribution is 0.507. The van der Waals surface area contributed by atoms with Crippen molar-refractivity contribution in [1.82, 2.24) is 0 Å². The molecule has 0 amide bonds. The van der Waals surface area contributed by atoms with Gasteiger partial charge in [0.05, 0.1) is 0 Å². The first-order valence-corrected chi connectivity index (χ1v) is 10.8. The predicted octanol–water partition coefficient (Wildman–Crippen LogP) is 8.42. The molecule has 2 heteroatoms. The van der Waals surface area contributed by atoms with Gasteiger partial charge in [-0.2, -0.15) is 0 Å². The molecular weight excluding hydrogens is 374 g/mol. The van der Waals surface area contributed by atoms with Gasteiger partial charge in [-0.3, -0.25) is 0 Å². The highest BCUT2D eigenvalue weighted by molar-refractivity contribution is 5.69. The van der Waals surface area contributed by atoms with E-state index < -0.39 is 22.5 Å². The molecule has 0 bridgehead atoms. The predicted molar refractivity (Wildman–Crippen MR) is 124 cm³/mol. The molecule has 2 rings (SSSR count). The highest BCUT2D eigenvalue weighted by Crippen LogP contribution is 2.41. The summed E-state index contributed by atoms with van der Waals surface area (Å²) in [5, 5.41) is 0. The van der Waals surface area contributed by atoms with Gasteiger partial charge >= 0.3 is 0 Å². The van der Waals surface area contributed by atoms with E-state index >= 15 is 8.78 Å². The molecule has 2 radical (unpaired) electrons. The van der Waals surface area contributed by atoms with Crippen LogP contribution in [0, 0.1) is 23.8 Å². The average molecular weight is 413 g/mol. The lowest BCUT2D eigenvalue weighted by Crippen LogP contribution is -2.21. The highest BCUT2D eigenvalue weighted by atomic mass is 19.1. The van der Waals surface area contributed by atoms with E-state index in [0.29, 0.717) is 11.1 Å². The zero-order valence-electron chi connectivity index (χ0n) is 20.9. The topological polar surface area (TPSA) is 0 Å². The molecule has 164 valence electrons. The Balaban J connectivity index is 3.03. The normalized spacial score (nSPS) is 13.7. The summed E-state index contributed by atoms with van der Waals surface area (Å²) >= 11 is 0. The van der Waals surface area contributed by atoms with Crippen molar-refractivity contribution in [2.75, 3.05) is 0 Å². The Kier molecular flexibility index (Phi) is 6.11. The van der Waals surface area contributed by atoms with Crippen LogP contribution in [0.15, 0.2) is 12.1 Å². The van der Waals surface area contributed by atoms with Gasteiger partial charge in [-0.05, 0) is 56.0 Å². The number of halogens is 2. The van der Waals surface area contributed by atoms with Crippen LogP contribution in [0.4, 0.5) is 8.78 Å². The molecule has 0 saturated heterocycles. The fraction of sp³-hybridized carbons (Fsp3) is 0.571. The SMILES string of the molecule is CC(C)(C)c1[c]c(-c2[c]c(C(C)(C)C)cc(C(C)(C)C)c2F)c(F)c(C(C)(C)C)c1. The first kappa shape index (κ1) is 24.6. The molecule has 0 N–H and O–H groups in total. The Bertz CT molecular complexity index is 858. The van der Waals surface area contributed by atoms with Gasteiger partial charge in [0.25, 0.3) is 0 Å². The van der Waals surface area contributed by atoms with Crippen molar-refractivity contribution < 1.29 is 8.78 Å². The molecule has 0 aliphatic carbocycles. The van der Waals surface area contributed by atoms with Crippen molar-refractivity contribution in [3.63, 3.8) is 0 Å². The minimum atomic E-state index is -0.418. The molecule has 0 atom stereocenters. The molecule has 0 heterocycles. The van der Waals surface area contributed by atoms with Crippen LogP contribution in [0.5, 0.6) is 0 Å². The monoisotopic (exact) mass is 412 g/mol. The van der Waals surface area contributed by atoms with Crippen LogP contribution in [-0.4, -0.2) is 0 Å². The van der Waals surface area contributed by atoms with Gasteiger partial charge in [-0.15, -0.1) is 0 Å². The van der Waals surface area contributed by atoms with E-state index in [4.69, 9.17) is 0 Å². The van der Waals surface area contributed by atoms with Crippen LogP contribution in [0.25, 0.3) is 11.1 Å². The van der Waals surface area contributed by atoms with Crippen molar-refractivity contribution in [2.24, 2.45) is 0 Å². The van der Waals surface area contributed by atoms with Crippen molar-refractivity contribution in [1.29, 1.82) is 0 Å². The Labute approximate surface area is 183 Å². The Morgan fingerprint density at radius 1 is 0.500 bits per heavy atom. The first-order chi connectivity index (χ1) is 13.2. The summed E-state index contributed by atoms with van der Waals surface area (Å²) in [6.45, 7) is 24.3. The summed E-state index contributed by atoms with van der Waals surface area (Å²) in [6.07, 6.45) is 0. The Morgan fingerprint density at radius 3 is 0.967 bits per heavy atom. The summed E-state index contributed by atoms with van der Waals surface area (Å²) in [4.78, 5) is 0. The molecule has 0 aliphatic rings. The third kappa shape index (κ3) is 4.95. The zero-order valence-corrected chi connectivity index (χ0v) is 20.9. The molecular formula is C28H38F2. The zero-order chi connectivity index (χ0) is 23.4. The third-order valence-electron chi connectivity index (χ3n) is 5.49. The minimum Gasteiger partial charge on any atom is -0.206 e. The molecule has 2 aromatic carbocycles. The summed E-state index contributed by atoms with van der Waals surface area (Å²) in [6, 6.07) is 10.2. The van der Waals surface area contributed by atoms with E-state index in [2.05, 4.69) is 53.7 Å². The van der Waals surface area contributed by atoms with Crippen molar-refractivity contribution in [3.05, 3.63) is 58.2 Å². The van der Waals surface area contributed by atoms with Crippen molar-refractivity contribution in [2.45, 2.75) is 105 Å². The summed E-state index contributed by atoms with van der Waals surface area (Å²) in [7, 11) is 0. The molecule has 0 fully saturated rings. The molecule has 0 spiro atoms. The fourth-order valence-corrected chi connectivity index (χ4v) is 3.38. The highest BCUT2D eigenvalue weighted by Gasteiger charge is 2.30. The first-order valence-electron chi connectivity index (χ1n) is 10.8. The molecule has 0 saturated carbocycles. The number of hydrogen-bond acceptors (Lipinski definition) is 0. The van der Waals surface area contributed by atoms with Gasteiger partial charge < -0.3 is 0 Å². The molecule has 0 nitrogen and oxygen atoms in total. The lowest BCUT2D eigenvalue weighted by atomic mass is 9.76. The number of hydrogen-bond donors (Lipinski definition) is 0. The van der Waals surface area contributed by atoms with Crippen LogP contribution in [0.3, 0.4) is 0 Å². The van der Waals surface area contributed by atoms with E-state index in [1.165, 1.54) is 0 Å². The Morgan fingerprint density at radius 2 is 0.767 bits per heavy atom. The van der Waals surface area contributed by atoms with E-state index in [1.54, 1.807) is 0 Å². The molecule has 0 aromatic heterocycles. The van der Waals surface area contributed by atoms with E-state index in [-0.39, 0.29) is 22.0 Å². The van der Waals surface area contributed by atoms with Gasteiger partial charge in [0.1, 0.15) is 11.6 Å². The van der Waals surface area contributed by atoms with Crippen LogP contribution < -0.4 is 0 Å². The standard InChI is InChI=1S/C28H38F2/c1-25(2,3)17-13-19(23(29)21(15-17)27(7,8)9)20-14-18(26(4,5)6)16-22(24(20)30)28(10,11)12/h15-16H,1-12H3. The Hall–Kier alpha value is -1.70. The lowest BCUT2D eigenvalue weighted by Gasteiger charge is -2.29. The van der Waals surface area contributed by atoms with Gasteiger partial charge in [0, 0.05) is 11.1 Å². The van der Waals surface area contributed by atoms with Crippen LogP contribution in [0.1, 0.15) is 105 Å². The largest absolute Gasteiger partial charge is 0.206 e. The van der Waals surface area contributed by atoms with E-state index in [9.17, 15) is 0 Å². The van der Waals surface area contributed by atoms with Crippen LogP contribution in [-0.2, 0) is 21.7 Å². The third-order valence-corrected chi connectivity index (χ3v) is 5.49. The summed E-state index contributed by atoms with van der Waals surface area (Å²) in [5.74, 6) is -0.812. The number of rotatable bonds is 1. The van der Waals surface area contributed by atoms with Crippen LogP contribution in [0.2, 0.25) is 0 Å². The fourth-order valence-electron chi connectivity index (χ4n) is 3.38. The quantitative estimate of drug-likeness (QED) is 0.441. The van der Waals surface area contributed by atoms with Crippen molar-refractivity contribution >= 4 is 0 Å². The van der Waals surface area contributed by atoms with E-state index in [0.717, 1.165) is 11.1 Å². The van der Waals surface area contributed by atoms with Gasteiger partial charge in [0.15, 0.2) is 0 Å². The smallest absolute Gasteiger partial charge is 0.135 e. The second-order valence-electron chi connectivity index (χ2n) is 12.6. The number of benzene rings is 2. The van der Waals surface area contributed by atoms with Gasteiger partial charge in [-0.1, -0.05) is 95.2 Å². The van der Waals surface area contributed by atoms with E-state index in [1.807, 2.05) is 53.7 Å². The maximum absolute atomic E-state index is 15.8. The van der Waals surface area contributed by atoms with Gasteiger partial charge in [-0.25, -0.2) is 8.78 Å². The van der Waals surface area contributed by atoms with Crippen LogP contribution >= 0.6 is 0 Å². The van der Waals surface area contributed by atoms with Gasteiger partial charge in [0.2, 0.25) is 0 Å². The minimum absolute atomic E-state index is 0.182. The van der Waals surface area contributed by atoms with Crippen molar-refractivity contribution in [3.8, 4) is 11.1 Å². The average Bonchev–Trinajstić information content (AvgIpc) is 2.51. The molecule has 30 heavy (non-hydrogen) atoms. The maximum Gasteiger partial charge on any atom is 0.135 e. The second kappa shape index (κ2) is 7.46. The molecule has 0 unspecified atom stereocenters. The molecule has 0 aliphatic heterocycles. The molecule has 2 aromatic rings.